The average molecular weight is 374 g/mol. The van der Waals surface area contributed by atoms with Crippen molar-refractivity contribution in [2.45, 2.75) is 20.8 Å². The number of carbonyl (C=O) groups excluding carboxylic acids is 1. The fraction of sp³-hybridized carbons (Fsp3) is 0.217. The van der Waals surface area contributed by atoms with Gasteiger partial charge in [0.05, 0.1) is 0 Å². The quantitative estimate of drug-likeness (QED) is 0.594. The molecule has 5 nitrogen and oxygen atoms in total. The van der Waals surface area contributed by atoms with Crippen molar-refractivity contribution in [1.29, 1.82) is 0 Å². The summed E-state index contributed by atoms with van der Waals surface area (Å²) in [5.41, 5.74) is 5.13. The van der Waals surface area contributed by atoms with Crippen molar-refractivity contribution < 1.29 is 4.79 Å². The van der Waals surface area contributed by atoms with Crippen LogP contribution in [0.2, 0.25) is 0 Å². The van der Waals surface area contributed by atoms with Gasteiger partial charge < -0.3 is 15.5 Å². The highest BCUT2D eigenvalue weighted by molar-refractivity contribution is 6.03. The summed E-state index contributed by atoms with van der Waals surface area (Å²) in [5.74, 6) is -0.226. The minimum atomic E-state index is -0.226. The SMILES string of the molecule is CCN(CC)c1ccc(NC(=O)c2cc(Nc3ccccc3)ccn2)c(C)c1. The van der Waals surface area contributed by atoms with Crippen LogP contribution in [0.3, 0.4) is 0 Å². The Morgan fingerprint density at radius 2 is 1.71 bits per heavy atom. The molecule has 0 fully saturated rings. The molecule has 1 heterocycles. The fourth-order valence-electron chi connectivity index (χ4n) is 3.08. The van der Waals surface area contributed by atoms with Crippen LogP contribution in [0, 0.1) is 6.92 Å². The normalized spacial score (nSPS) is 10.4. The molecular weight excluding hydrogens is 348 g/mol. The number of aromatic nitrogens is 1. The summed E-state index contributed by atoms with van der Waals surface area (Å²) in [6.45, 7) is 8.18. The Balaban J connectivity index is 1.73. The molecule has 0 radical (unpaired) electrons. The molecule has 28 heavy (non-hydrogen) atoms. The highest BCUT2D eigenvalue weighted by Crippen LogP contribution is 2.23. The standard InChI is InChI=1S/C23H26N4O/c1-4-27(5-2)20-11-12-21(17(3)15-20)26-23(28)22-16-19(13-14-24-22)25-18-9-7-6-8-10-18/h6-16H,4-5H2,1-3H3,(H,24,25)(H,26,28). The lowest BCUT2D eigenvalue weighted by atomic mass is 10.1. The van der Waals surface area contributed by atoms with Gasteiger partial charge in [0.1, 0.15) is 5.69 Å². The first-order valence-corrected chi connectivity index (χ1v) is 9.55. The summed E-state index contributed by atoms with van der Waals surface area (Å²) < 4.78 is 0. The minimum absolute atomic E-state index is 0.226. The maximum absolute atomic E-state index is 12.7. The monoisotopic (exact) mass is 374 g/mol. The summed E-state index contributed by atoms with van der Waals surface area (Å²) in [5, 5.41) is 6.25. The van der Waals surface area contributed by atoms with E-state index in [0.717, 1.165) is 41.4 Å². The summed E-state index contributed by atoms with van der Waals surface area (Å²) in [6, 6.07) is 19.5. The number of aryl methyl sites for hydroxylation is 1. The van der Waals surface area contributed by atoms with Gasteiger partial charge in [0.2, 0.25) is 0 Å². The van der Waals surface area contributed by atoms with Gasteiger partial charge in [0.25, 0.3) is 5.91 Å². The summed E-state index contributed by atoms with van der Waals surface area (Å²) in [7, 11) is 0. The summed E-state index contributed by atoms with van der Waals surface area (Å²) in [4.78, 5) is 19.2. The molecule has 0 aliphatic heterocycles. The van der Waals surface area contributed by atoms with Crippen LogP contribution < -0.4 is 15.5 Å². The first kappa shape index (κ1) is 19.4. The van der Waals surface area contributed by atoms with Crippen LogP contribution in [-0.2, 0) is 0 Å². The Kier molecular flexibility index (Phi) is 6.27. The van der Waals surface area contributed by atoms with E-state index in [4.69, 9.17) is 0 Å². The number of pyridine rings is 1. The third kappa shape index (κ3) is 4.68. The molecule has 0 saturated heterocycles. The van der Waals surface area contributed by atoms with Crippen LogP contribution in [0.5, 0.6) is 0 Å². The molecule has 3 rings (SSSR count). The van der Waals surface area contributed by atoms with Crippen LogP contribution in [0.25, 0.3) is 0 Å². The molecule has 0 unspecified atom stereocenters. The maximum Gasteiger partial charge on any atom is 0.274 e. The zero-order chi connectivity index (χ0) is 19.9. The molecule has 0 aliphatic rings. The van der Waals surface area contributed by atoms with Gasteiger partial charge in [0, 0.05) is 42.0 Å². The Bertz CT molecular complexity index is 936. The van der Waals surface area contributed by atoms with E-state index >= 15 is 0 Å². The number of anilines is 4. The van der Waals surface area contributed by atoms with Crippen molar-refractivity contribution in [1.82, 2.24) is 4.98 Å². The van der Waals surface area contributed by atoms with Gasteiger partial charge in [-0.05, 0) is 68.8 Å². The van der Waals surface area contributed by atoms with Gasteiger partial charge in [-0.2, -0.15) is 0 Å². The van der Waals surface area contributed by atoms with E-state index in [1.807, 2.05) is 55.5 Å². The zero-order valence-electron chi connectivity index (χ0n) is 16.6. The number of hydrogen-bond donors (Lipinski definition) is 2. The highest BCUT2D eigenvalue weighted by atomic mass is 16.1. The van der Waals surface area contributed by atoms with Crippen molar-refractivity contribution >= 4 is 28.7 Å². The molecule has 144 valence electrons. The maximum atomic E-state index is 12.7. The molecule has 0 atom stereocenters. The molecule has 0 bridgehead atoms. The number of benzene rings is 2. The number of carbonyl (C=O) groups is 1. The zero-order valence-corrected chi connectivity index (χ0v) is 16.6. The van der Waals surface area contributed by atoms with E-state index in [9.17, 15) is 4.79 Å². The van der Waals surface area contributed by atoms with Crippen LogP contribution in [0.1, 0.15) is 29.9 Å². The molecule has 3 aromatic rings. The average Bonchev–Trinajstić information content (AvgIpc) is 2.72. The summed E-state index contributed by atoms with van der Waals surface area (Å²) >= 11 is 0. The Morgan fingerprint density at radius 3 is 2.39 bits per heavy atom. The number of hydrogen-bond acceptors (Lipinski definition) is 4. The lowest BCUT2D eigenvalue weighted by molar-refractivity contribution is 0.102. The largest absolute Gasteiger partial charge is 0.372 e. The predicted molar refractivity (Wildman–Crippen MR) is 117 cm³/mol. The van der Waals surface area contributed by atoms with Crippen molar-refractivity contribution in [3.8, 4) is 0 Å². The van der Waals surface area contributed by atoms with Crippen molar-refractivity contribution in [3.63, 3.8) is 0 Å². The molecule has 0 spiro atoms. The van der Waals surface area contributed by atoms with Crippen LogP contribution in [0.15, 0.2) is 66.9 Å². The minimum Gasteiger partial charge on any atom is -0.372 e. The molecule has 5 heteroatoms. The van der Waals surface area contributed by atoms with Gasteiger partial charge in [-0.15, -0.1) is 0 Å². The Hall–Kier alpha value is -3.34. The van der Waals surface area contributed by atoms with Crippen LogP contribution in [-0.4, -0.2) is 24.0 Å². The van der Waals surface area contributed by atoms with E-state index in [0.29, 0.717) is 5.69 Å². The topological polar surface area (TPSA) is 57.3 Å². The van der Waals surface area contributed by atoms with E-state index in [1.165, 1.54) is 0 Å². The second kappa shape index (κ2) is 9.04. The lowest BCUT2D eigenvalue weighted by Crippen LogP contribution is -2.22. The number of rotatable bonds is 7. The van der Waals surface area contributed by atoms with Crippen molar-refractivity contribution in [2.75, 3.05) is 28.6 Å². The van der Waals surface area contributed by atoms with E-state index in [2.05, 4.69) is 40.4 Å². The predicted octanol–water partition coefficient (Wildman–Crippen LogP) is 5.23. The Labute approximate surface area is 166 Å². The molecule has 1 aromatic heterocycles. The second-order valence-corrected chi connectivity index (χ2v) is 6.55. The number of nitrogens with one attached hydrogen (secondary N) is 2. The third-order valence-electron chi connectivity index (χ3n) is 4.64. The number of amides is 1. The highest BCUT2D eigenvalue weighted by Gasteiger charge is 2.11. The third-order valence-corrected chi connectivity index (χ3v) is 4.64. The van der Waals surface area contributed by atoms with Gasteiger partial charge in [0.15, 0.2) is 0 Å². The Morgan fingerprint density at radius 1 is 0.964 bits per heavy atom. The van der Waals surface area contributed by atoms with Crippen molar-refractivity contribution in [2.24, 2.45) is 0 Å². The molecule has 0 aliphatic carbocycles. The lowest BCUT2D eigenvalue weighted by Gasteiger charge is -2.22. The second-order valence-electron chi connectivity index (χ2n) is 6.55. The smallest absolute Gasteiger partial charge is 0.274 e. The fourth-order valence-corrected chi connectivity index (χ4v) is 3.08. The van der Waals surface area contributed by atoms with E-state index in [1.54, 1.807) is 12.3 Å². The first-order valence-electron chi connectivity index (χ1n) is 9.55. The molecule has 2 N–H and O–H groups in total. The molecule has 0 saturated carbocycles. The van der Waals surface area contributed by atoms with Gasteiger partial charge >= 0.3 is 0 Å². The molecular formula is C23H26N4O. The molecule has 1 amide bonds. The summed E-state index contributed by atoms with van der Waals surface area (Å²) in [6.07, 6.45) is 1.64. The van der Waals surface area contributed by atoms with Gasteiger partial charge in [-0.25, -0.2) is 0 Å². The van der Waals surface area contributed by atoms with E-state index in [-0.39, 0.29) is 5.91 Å². The number of para-hydroxylation sites is 1. The number of nitrogens with zero attached hydrogens (tertiary/aromatic N) is 2. The van der Waals surface area contributed by atoms with Crippen molar-refractivity contribution in [3.05, 3.63) is 78.1 Å². The van der Waals surface area contributed by atoms with Crippen LogP contribution >= 0.6 is 0 Å². The van der Waals surface area contributed by atoms with E-state index < -0.39 is 0 Å². The van der Waals surface area contributed by atoms with Gasteiger partial charge in [-0.1, -0.05) is 18.2 Å². The molecule has 2 aromatic carbocycles. The van der Waals surface area contributed by atoms with Crippen LogP contribution in [0.4, 0.5) is 22.7 Å². The first-order chi connectivity index (χ1) is 13.6. The van der Waals surface area contributed by atoms with Gasteiger partial charge in [-0.3, -0.25) is 9.78 Å².